The van der Waals surface area contributed by atoms with Crippen LogP contribution in [-0.2, 0) is 31.1 Å². The molecule has 3 aliphatic rings. The van der Waals surface area contributed by atoms with Crippen LogP contribution in [0.5, 0.6) is 0 Å². The van der Waals surface area contributed by atoms with Gasteiger partial charge in [-0.3, -0.25) is 0 Å². The van der Waals surface area contributed by atoms with E-state index < -0.39 is 0 Å². The number of rotatable bonds is 4. The number of aryl methyl sites for hydroxylation is 5. The standard InChI is InChI=1S/C64H50N2/c1-41-15-14-20-46(37-41)62-52-35-32-49(66-60-25-12-6-18-44(60)29-30-45-19-7-13-26-61(45)66)40-55(52)63(47-31-34-51-50-21-8-9-22-56(50)64(2,3)57(51)38-47)53-36-33-48(39-54(53)62)65-58-23-10-4-16-42(58)27-28-43-17-5-11-24-59(43)65/h4-26,31-40H,27-30H2,1-3H3. The molecule has 0 aromatic heterocycles. The summed E-state index contributed by atoms with van der Waals surface area (Å²) in [6, 6.07) is 76.1. The number of hydrogen-bond acceptors (Lipinski definition) is 2. The fourth-order valence-corrected chi connectivity index (χ4v) is 11.9. The number of benzene rings is 10. The summed E-state index contributed by atoms with van der Waals surface area (Å²) in [5.41, 5.74) is 24.4. The minimum atomic E-state index is -0.138. The lowest BCUT2D eigenvalue weighted by Gasteiger charge is -2.29. The van der Waals surface area contributed by atoms with Crippen LogP contribution in [0.3, 0.4) is 0 Å². The molecule has 0 atom stereocenters. The van der Waals surface area contributed by atoms with Gasteiger partial charge in [0.2, 0.25) is 0 Å². The average Bonchev–Trinajstić information content (AvgIpc) is 3.47. The van der Waals surface area contributed by atoms with Crippen molar-refractivity contribution in [3.8, 4) is 33.4 Å². The Hall–Kier alpha value is -7.68. The molecule has 0 N–H and O–H groups in total. The van der Waals surface area contributed by atoms with E-state index in [0.29, 0.717) is 0 Å². The normalized spacial score (nSPS) is 14.4. The zero-order valence-electron chi connectivity index (χ0n) is 37.8. The van der Waals surface area contributed by atoms with Crippen LogP contribution in [0.4, 0.5) is 34.1 Å². The van der Waals surface area contributed by atoms with Crippen LogP contribution in [-0.4, -0.2) is 0 Å². The maximum Gasteiger partial charge on any atom is 0.0493 e. The smallest absolute Gasteiger partial charge is 0.0493 e. The fourth-order valence-electron chi connectivity index (χ4n) is 11.9. The quantitative estimate of drug-likeness (QED) is 0.163. The Balaban J connectivity index is 1.14. The van der Waals surface area contributed by atoms with Gasteiger partial charge in [-0.2, -0.15) is 0 Å². The molecule has 0 amide bonds. The summed E-state index contributed by atoms with van der Waals surface area (Å²) in [6.45, 7) is 7.01. The van der Waals surface area contributed by atoms with Crippen molar-refractivity contribution in [2.24, 2.45) is 0 Å². The van der Waals surface area contributed by atoms with Crippen molar-refractivity contribution in [2.75, 3.05) is 9.80 Å². The molecular weight excluding hydrogens is 797 g/mol. The molecule has 10 aromatic carbocycles. The molecule has 1 aliphatic carbocycles. The second kappa shape index (κ2) is 14.9. The van der Waals surface area contributed by atoms with E-state index in [1.807, 2.05) is 0 Å². The predicted octanol–water partition coefficient (Wildman–Crippen LogP) is 17.1. The first-order valence-corrected chi connectivity index (χ1v) is 23.7. The van der Waals surface area contributed by atoms with E-state index in [0.717, 1.165) is 25.7 Å². The van der Waals surface area contributed by atoms with Gasteiger partial charge in [-0.15, -0.1) is 0 Å². The molecule has 2 heterocycles. The number of anilines is 6. The molecule has 0 fully saturated rings. The van der Waals surface area contributed by atoms with Gasteiger partial charge in [0.1, 0.15) is 0 Å². The van der Waals surface area contributed by atoms with Gasteiger partial charge >= 0.3 is 0 Å². The van der Waals surface area contributed by atoms with Gasteiger partial charge in [0.15, 0.2) is 0 Å². The van der Waals surface area contributed by atoms with Crippen molar-refractivity contribution >= 4 is 55.7 Å². The first-order chi connectivity index (χ1) is 32.4. The molecule has 0 unspecified atom stereocenters. The summed E-state index contributed by atoms with van der Waals surface area (Å²) in [7, 11) is 0. The van der Waals surface area contributed by atoms with Crippen LogP contribution in [0.2, 0.25) is 0 Å². The lowest BCUT2D eigenvalue weighted by molar-refractivity contribution is 0.660. The molecule has 0 saturated heterocycles. The summed E-state index contributed by atoms with van der Waals surface area (Å²) in [6.07, 6.45) is 4.03. The lowest BCUT2D eigenvalue weighted by Crippen LogP contribution is -2.15. The second-order valence-electron chi connectivity index (χ2n) is 19.2. The lowest BCUT2D eigenvalue weighted by atomic mass is 9.80. The maximum atomic E-state index is 2.52. The van der Waals surface area contributed by atoms with Gasteiger partial charge in [-0.05, 0) is 176 Å². The van der Waals surface area contributed by atoms with Gasteiger partial charge < -0.3 is 9.80 Å². The average molecular weight is 847 g/mol. The minimum absolute atomic E-state index is 0.138. The highest BCUT2D eigenvalue weighted by Crippen LogP contribution is 2.53. The van der Waals surface area contributed by atoms with Gasteiger partial charge in [-0.25, -0.2) is 0 Å². The number of nitrogens with zero attached hydrogens (tertiary/aromatic N) is 2. The highest BCUT2D eigenvalue weighted by atomic mass is 15.2. The van der Waals surface area contributed by atoms with Crippen LogP contribution < -0.4 is 9.80 Å². The summed E-state index contributed by atoms with van der Waals surface area (Å²) in [4.78, 5) is 5.05. The van der Waals surface area contributed by atoms with Crippen LogP contribution in [0.25, 0.3) is 54.9 Å². The zero-order chi connectivity index (χ0) is 44.1. The molecule has 2 aliphatic heterocycles. The third-order valence-corrected chi connectivity index (χ3v) is 15.0. The summed E-state index contributed by atoms with van der Waals surface area (Å²) in [5, 5.41) is 5.00. The molecular formula is C64H50N2. The molecule has 0 radical (unpaired) electrons. The first-order valence-electron chi connectivity index (χ1n) is 23.7. The molecule has 0 bridgehead atoms. The summed E-state index contributed by atoms with van der Waals surface area (Å²) in [5.74, 6) is 0. The first kappa shape index (κ1) is 38.8. The van der Waals surface area contributed by atoms with Gasteiger partial charge in [0, 0.05) is 39.5 Å². The van der Waals surface area contributed by atoms with Crippen molar-refractivity contribution in [3.05, 3.63) is 239 Å². The van der Waals surface area contributed by atoms with Crippen molar-refractivity contribution in [3.63, 3.8) is 0 Å². The highest BCUT2D eigenvalue weighted by Gasteiger charge is 2.36. The van der Waals surface area contributed by atoms with Crippen molar-refractivity contribution in [1.82, 2.24) is 0 Å². The molecule has 0 saturated carbocycles. The second-order valence-corrected chi connectivity index (χ2v) is 19.2. The number of hydrogen-bond donors (Lipinski definition) is 0. The van der Waals surface area contributed by atoms with E-state index in [-0.39, 0.29) is 5.41 Å². The number of para-hydroxylation sites is 4. The fraction of sp³-hybridized carbons (Fsp3) is 0.125. The van der Waals surface area contributed by atoms with Gasteiger partial charge in [0.25, 0.3) is 0 Å². The molecule has 2 heteroatoms. The van der Waals surface area contributed by atoms with Crippen LogP contribution in [0, 0.1) is 6.92 Å². The van der Waals surface area contributed by atoms with Crippen LogP contribution in [0.15, 0.2) is 200 Å². The topological polar surface area (TPSA) is 6.48 Å². The largest absolute Gasteiger partial charge is 0.310 e. The SMILES string of the molecule is Cc1cccc(-c2c3ccc(N4c5ccccc5CCc5ccccc54)cc3c(-c3ccc4c(c3)C(C)(C)c3ccccc3-4)c3ccc(N4c5ccccc5CCc5ccccc54)cc23)c1. The molecule has 10 aromatic rings. The van der Waals surface area contributed by atoms with E-state index in [1.54, 1.807) is 0 Å². The Morgan fingerprint density at radius 3 is 1.29 bits per heavy atom. The Kier molecular flexibility index (Phi) is 8.77. The van der Waals surface area contributed by atoms with E-state index in [2.05, 4.69) is 231 Å². The monoisotopic (exact) mass is 846 g/mol. The third-order valence-electron chi connectivity index (χ3n) is 15.0. The Bertz CT molecular complexity index is 3510. The zero-order valence-corrected chi connectivity index (χ0v) is 37.8. The van der Waals surface area contributed by atoms with Crippen molar-refractivity contribution < 1.29 is 0 Å². The van der Waals surface area contributed by atoms with Gasteiger partial charge in [-0.1, -0.05) is 165 Å². The molecule has 13 rings (SSSR count). The number of fused-ring (bicyclic) bond motifs is 9. The van der Waals surface area contributed by atoms with Crippen LogP contribution >= 0.6 is 0 Å². The van der Waals surface area contributed by atoms with E-state index in [9.17, 15) is 0 Å². The molecule has 66 heavy (non-hydrogen) atoms. The predicted molar refractivity (Wildman–Crippen MR) is 279 cm³/mol. The molecule has 2 nitrogen and oxygen atoms in total. The van der Waals surface area contributed by atoms with Crippen molar-refractivity contribution in [2.45, 2.75) is 51.9 Å². The molecule has 0 spiro atoms. The Morgan fingerprint density at radius 2 is 0.788 bits per heavy atom. The summed E-state index contributed by atoms with van der Waals surface area (Å²) >= 11 is 0. The maximum absolute atomic E-state index is 2.52. The minimum Gasteiger partial charge on any atom is -0.310 e. The molecule has 316 valence electrons. The van der Waals surface area contributed by atoms with E-state index in [4.69, 9.17) is 0 Å². The Labute approximate surface area is 388 Å². The summed E-state index contributed by atoms with van der Waals surface area (Å²) < 4.78 is 0. The highest BCUT2D eigenvalue weighted by molar-refractivity contribution is 6.23. The van der Waals surface area contributed by atoms with Crippen LogP contribution in [0.1, 0.15) is 52.8 Å². The third kappa shape index (κ3) is 5.94. The Morgan fingerprint density at radius 1 is 0.348 bits per heavy atom. The van der Waals surface area contributed by atoms with Gasteiger partial charge in [0.05, 0.1) is 0 Å². The van der Waals surface area contributed by atoms with E-state index >= 15 is 0 Å². The van der Waals surface area contributed by atoms with Crippen molar-refractivity contribution in [1.29, 1.82) is 0 Å². The van der Waals surface area contributed by atoms with E-state index in [1.165, 1.54) is 128 Å².